The van der Waals surface area contributed by atoms with Gasteiger partial charge in [-0.15, -0.1) is 0 Å². The van der Waals surface area contributed by atoms with E-state index < -0.39 is 22.0 Å². The van der Waals surface area contributed by atoms with Gasteiger partial charge in [-0.05, 0) is 35.4 Å². The first kappa shape index (κ1) is 21.9. The summed E-state index contributed by atoms with van der Waals surface area (Å²) in [4.78, 5) is 12.8. The molecule has 1 N–H and O–H groups in total. The lowest BCUT2D eigenvalue weighted by Crippen LogP contribution is -2.21. The Kier molecular flexibility index (Phi) is 5.95. The van der Waals surface area contributed by atoms with Crippen molar-refractivity contribution >= 4 is 44.2 Å². The molecule has 1 aromatic heterocycles. The number of aromatic nitrogens is 1. The maximum absolute atomic E-state index is 12.8. The third-order valence-electron chi connectivity index (χ3n) is 5.17. The highest BCUT2D eigenvalue weighted by Crippen LogP contribution is 2.33. The van der Waals surface area contributed by atoms with E-state index in [0.29, 0.717) is 21.6 Å². The molecule has 0 saturated heterocycles. The number of esters is 1. The summed E-state index contributed by atoms with van der Waals surface area (Å²) in [6, 6.07) is 21.4. The molecule has 0 fully saturated rings. The molecule has 0 spiro atoms. The van der Waals surface area contributed by atoms with Crippen LogP contribution in [0.5, 0.6) is 0 Å². The minimum absolute atomic E-state index is 0.436. The van der Waals surface area contributed by atoms with Crippen molar-refractivity contribution in [2.45, 2.75) is 6.04 Å². The predicted molar refractivity (Wildman–Crippen MR) is 127 cm³/mol. The number of anilines is 1. The number of carbonyl (C=O) groups excluding carboxylic acids is 1. The number of benzene rings is 3. The highest BCUT2D eigenvalue weighted by Gasteiger charge is 2.25. The van der Waals surface area contributed by atoms with E-state index in [0.717, 1.165) is 22.9 Å². The van der Waals surface area contributed by atoms with Gasteiger partial charge in [-0.3, -0.25) is 4.72 Å². The van der Waals surface area contributed by atoms with E-state index in [-0.39, 0.29) is 0 Å². The van der Waals surface area contributed by atoms with Crippen LogP contribution in [0.4, 0.5) is 5.69 Å². The molecule has 0 amide bonds. The quantitative estimate of drug-likeness (QED) is 0.399. The average molecular weight is 469 g/mol. The van der Waals surface area contributed by atoms with E-state index >= 15 is 0 Å². The first-order valence-electron chi connectivity index (χ1n) is 9.78. The van der Waals surface area contributed by atoms with Crippen molar-refractivity contribution in [2.75, 3.05) is 18.1 Å². The number of ether oxygens (including phenoxy) is 1. The first-order valence-corrected chi connectivity index (χ1v) is 12.1. The number of nitrogens with zero attached hydrogens (tertiary/aromatic N) is 1. The minimum atomic E-state index is -3.45. The molecule has 6 nitrogen and oxygen atoms in total. The number of methoxy groups -OCH3 is 1. The molecule has 4 aromatic rings. The van der Waals surface area contributed by atoms with E-state index in [9.17, 15) is 13.2 Å². The Morgan fingerprint density at radius 2 is 1.72 bits per heavy atom. The SMILES string of the molecule is COC(=O)C(c1ccc(-c2ccccc2Cl)cc1)n1ccc2c(NS(C)(=O)=O)cccc21. The highest BCUT2D eigenvalue weighted by molar-refractivity contribution is 7.92. The van der Waals surface area contributed by atoms with Crippen molar-refractivity contribution in [1.82, 2.24) is 4.57 Å². The topological polar surface area (TPSA) is 77.4 Å². The second-order valence-corrected chi connectivity index (χ2v) is 9.52. The molecule has 0 aliphatic carbocycles. The fourth-order valence-corrected chi connectivity index (χ4v) is 4.59. The third kappa shape index (κ3) is 4.35. The lowest BCUT2D eigenvalue weighted by Gasteiger charge is -2.19. The summed E-state index contributed by atoms with van der Waals surface area (Å²) < 4.78 is 32.9. The average Bonchev–Trinajstić information content (AvgIpc) is 3.18. The Hall–Kier alpha value is -3.29. The summed E-state index contributed by atoms with van der Waals surface area (Å²) in [6.07, 6.45) is 2.85. The zero-order valence-corrected chi connectivity index (χ0v) is 19.0. The minimum Gasteiger partial charge on any atom is -0.467 e. The summed E-state index contributed by atoms with van der Waals surface area (Å²) in [5.41, 5.74) is 3.70. The van der Waals surface area contributed by atoms with E-state index in [1.54, 1.807) is 29.0 Å². The number of hydrogen-bond acceptors (Lipinski definition) is 4. The van der Waals surface area contributed by atoms with Gasteiger partial charge in [0, 0.05) is 22.2 Å². The van der Waals surface area contributed by atoms with Gasteiger partial charge in [-0.1, -0.05) is 60.1 Å². The standard InChI is InChI=1S/C24H21ClN2O4S/c1-31-24(28)23(17-12-10-16(11-13-17)18-6-3-4-7-20(18)25)27-15-14-19-21(26-32(2,29)30)8-5-9-22(19)27/h3-15,23,26H,1-2H3. The smallest absolute Gasteiger partial charge is 0.333 e. The molecule has 1 unspecified atom stereocenters. The van der Waals surface area contributed by atoms with Crippen molar-refractivity contribution < 1.29 is 17.9 Å². The zero-order valence-electron chi connectivity index (χ0n) is 17.4. The van der Waals surface area contributed by atoms with Crippen LogP contribution in [0, 0.1) is 0 Å². The zero-order chi connectivity index (χ0) is 22.9. The number of nitrogens with one attached hydrogen (secondary N) is 1. The predicted octanol–water partition coefficient (Wildman–Crippen LogP) is 5.10. The number of carbonyl (C=O) groups is 1. The van der Waals surface area contributed by atoms with Gasteiger partial charge in [0.15, 0.2) is 6.04 Å². The molecule has 3 aromatic carbocycles. The van der Waals surface area contributed by atoms with Gasteiger partial charge in [0.2, 0.25) is 10.0 Å². The van der Waals surface area contributed by atoms with Gasteiger partial charge >= 0.3 is 5.97 Å². The Labute approximate surface area is 191 Å². The number of fused-ring (bicyclic) bond motifs is 1. The Morgan fingerprint density at radius 1 is 1.00 bits per heavy atom. The van der Waals surface area contributed by atoms with Crippen LogP contribution in [-0.2, 0) is 19.6 Å². The van der Waals surface area contributed by atoms with Crippen LogP contribution in [0.2, 0.25) is 5.02 Å². The molecule has 4 rings (SSSR count). The molecule has 32 heavy (non-hydrogen) atoms. The van der Waals surface area contributed by atoms with Crippen LogP contribution in [0.1, 0.15) is 11.6 Å². The van der Waals surface area contributed by atoms with Gasteiger partial charge < -0.3 is 9.30 Å². The third-order valence-corrected chi connectivity index (χ3v) is 6.09. The Bertz CT molecular complexity index is 1400. The van der Waals surface area contributed by atoms with Crippen LogP contribution in [0.15, 0.2) is 79.0 Å². The largest absolute Gasteiger partial charge is 0.467 e. The van der Waals surface area contributed by atoms with Crippen LogP contribution in [0.3, 0.4) is 0 Å². The summed E-state index contributed by atoms with van der Waals surface area (Å²) in [7, 11) is -2.11. The fourth-order valence-electron chi connectivity index (χ4n) is 3.76. The Balaban J connectivity index is 1.79. The van der Waals surface area contributed by atoms with Gasteiger partial charge in [0.1, 0.15) is 0 Å². The second kappa shape index (κ2) is 8.68. The molecular formula is C24H21ClN2O4S. The van der Waals surface area contributed by atoms with Crippen molar-refractivity contribution in [3.8, 4) is 11.1 Å². The maximum atomic E-state index is 12.8. The summed E-state index contributed by atoms with van der Waals surface area (Å²) in [5, 5.41) is 1.33. The molecule has 0 radical (unpaired) electrons. The lowest BCUT2D eigenvalue weighted by atomic mass is 10.0. The van der Waals surface area contributed by atoms with E-state index in [4.69, 9.17) is 16.3 Å². The highest BCUT2D eigenvalue weighted by atomic mass is 35.5. The number of halogens is 1. The van der Waals surface area contributed by atoms with Gasteiger partial charge in [-0.2, -0.15) is 0 Å². The first-order chi connectivity index (χ1) is 15.3. The van der Waals surface area contributed by atoms with Crippen molar-refractivity contribution in [1.29, 1.82) is 0 Å². The molecule has 164 valence electrons. The summed E-state index contributed by atoms with van der Waals surface area (Å²) in [6.45, 7) is 0. The molecule has 0 saturated carbocycles. The molecule has 8 heteroatoms. The number of hydrogen-bond donors (Lipinski definition) is 1. The maximum Gasteiger partial charge on any atom is 0.333 e. The molecule has 0 bridgehead atoms. The number of rotatable bonds is 6. The fraction of sp³-hybridized carbons (Fsp3) is 0.125. The van der Waals surface area contributed by atoms with E-state index in [1.807, 2.05) is 54.6 Å². The summed E-state index contributed by atoms with van der Waals surface area (Å²) >= 11 is 6.31. The monoisotopic (exact) mass is 468 g/mol. The molecule has 0 aliphatic heterocycles. The van der Waals surface area contributed by atoms with E-state index in [1.165, 1.54) is 7.11 Å². The lowest BCUT2D eigenvalue weighted by molar-refractivity contribution is -0.143. The van der Waals surface area contributed by atoms with Crippen LogP contribution >= 0.6 is 11.6 Å². The summed E-state index contributed by atoms with van der Waals surface area (Å²) in [5.74, 6) is -0.436. The Morgan fingerprint density at radius 3 is 2.38 bits per heavy atom. The van der Waals surface area contributed by atoms with Crippen LogP contribution in [-0.4, -0.2) is 32.3 Å². The van der Waals surface area contributed by atoms with Crippen LogP contribution in [0.25, 0.3) is 22.0 Å². The van der Waals surface area contributed by atoms with Crippen LogP contribution < -0.4 is 4.72 Å². The number of sulfonamides is 1. The van der Waals surface area contributed by atoms with Gasteiger partial charge in [0.05, 0.1) is 24.6 Å². The van der Waals surface area contributed by atoms with E-state index in [2.05, 4.69) is 4.72 Å². The van der Waals surface area contributed by atoms with Gasteiger partial charge in [-0.25, -0.2) is 13.2 Å². The van der Waals surface area contributed by atoms with Crippen molar-refractivity contribution in [3.05, 3.63) is 89.6 Å². The molecular weight excluding hydrogens is 448 g/mol. The molecule has 1 atom stereocenters. The van der Waals surface area contributed by atoms with Gasteiger partial charge in [0.25, 0.3) is 0 Å². The van der Waals surface area contributed by atoms with Crippen molar-refractivity contribution in [3.63, 3.8) is 0 Å². The second-order valence-electron chi connectivity index (χ2n) is 7.36. The molecule has 0 aliphatic rings. The van der Waals surface area contributed by atoms with Crippen molar-refractivity contribution in [2.24, 2.45) is 0 Å². The normalized spacial score (nSPS) is 12.5. The molecule has 1 heterocycles.